The average molecular weight is 454 g/mol. The van der Waals surface area contributed by atoms with Gasteiger partial charge in [0.15, 0.2) is 0 Å². The second kappa shape index (κ2) is 21.6. The topological polar surface area (TPSA) is 114 Å². The minimum absolute atomic E-state index is 0.0109. The molecule has 0 aliphatic carbocycles. The van der Waals surface area contributed by atoms with Crippen molar-refractivity contribution >= 4 is 13.9 Å². The van der Waals surface area contributed by atoms with E-state index in [4.69, 9.17) is 14.2 Å². The molecule has 0 aromatic heterocycles. The molecule has 0 spiro atoms. The van der Waals surface area contributed by atoms with Crippen LogP contribution in [0.1, 0.15) is 96.8 Å². The number of carbonyl (C=O) groups excluding carboxylic acids is 1. The number of aliphatic hydroxyl groups is 1. The molecule has 180 valence electrons. The summed E-state index contributed by atoms with van der Waals surface area (Å²) in [7, 11) is -4.09. The number of alkyl carbamates (subject to hydrolysis) is 1. The predicted octanol–water partition coefficient (Wildman–Crippen LogP) is 5.32. The highest BCUT2D eigenvalue weighted by Gasteiger charge is 2.20. The molecule has 0 aliphatic heterocycles. The molecule has 0 saturated carbocycles. The van der Waals surface area contributed by atoms with E-state index in [0.717, 1.165) is 19.3 Å². The molecule has 3 N–H and O–H groups in total. The summed E-state index contributed by atoms with van der Waals surface area (Å²) in [6, 6.07) is 0. The van der Waals surface area contributed by atoms with Crippen molar-refractivity contribution in [3.8, 4) is 0 Å². The molecule has 30 heavy (non-hydrogen) atoms. The van der Waals surface area contributed by atoms with E-state index in [1.165, 1.54) is 70.6 Å². The smallest absolute Gasteiger partial charge is 0.447 e. The first-order chi connectivity index (χ1) is 14.5. The summed E-state index contributed by atoms with van der Waals surface area (Å²) in [5, 5.41) is 10.8. The number of aliphatic hydroxyl groups excluding tert-OH is 1. The summed E-state index contributed by atoms with van der Waals surface area (Å²) < 4.78 is 26.0. The van der Waals surface area contributed by atoms with Crippen molar-refractivity contribution in [2.75, 3.05) is 33.0 Å². The summed E-state index contributed by atoms with van der Waals surface area (Å²) in [4.78, 5) is 20.7. The first kappa shape index (κ1) is 29.3. The second-order valence-corrected chi connectivity index (χ2v) is 8.97. The van der Waals surface area contributed by atoms with Crippen LogP contribution in [0, 0.1) is 0 Å². The number of hydrogen-bond acceptors (Lipinski definition) is 6. The van der Waals surface area contributed by atoms with Crippen LogP contribution in [0.3, 0.4) is 0 Å². The number of ether oxygens (including phenoxy) is 1. The monoisotopic (exact) mass is 453 g/mol. The number of unbranched alkanes of at least 4 members (excludes halogenated alkanes) is 13. The van der Waals surface area contributed by atoms with Gasteiger partial charge in [-0.2, -0.15) is 0 Å². The van der Waals surface area contributed by atoms with Crippen LogP contribution in [0.4, 0.5) is 4.79 Å². The average Bonchev–Trinajstić information content (AvgIpc) is 2.72. The number of phosphoric ester groups is 1. The summed E-state index contributed by atoms with van der Waals surface area (Å²) in [5.41, 5.74) is 0. The molecule has 8 nitrogen and oxygen atoms in total. The van der Waals surface area contributed by atoms with Crippen molar-refractivity contribution in [2.24, 2.45) is 0 Å². The van der Waals surface area contributed by atoms with Crippen LogP contribution in [0.2, 0.25) is 0 Å². The summed E-state index contributed by atoms with van der Waals surface area (Å²) in [6.45, 7) is 1.91. The fourth-order valence-electron chi connectivity index (χ4n) is 3.02. The first-order valence-electron chi connectivity index (χ1n) is 11.6. The summed E-state index contributed by atoms with van der Waals surface area (Å²) >= 11 is 0. The Morgan fingerprint density at radius 3 is 1.73 bits per heavy atom. The summed E-state index contributed by atoms with van der Waals surface area (Å²) in [5.74, 6) is 0. The van der Waals surface area contributed by atoms with Crippen molar-refractivity contribution < 1.29 is 33.1 Å². The van der Waals surface area contributed by atoms with Crippen LogP contribution in [-0.4, -0.2) is 49.1 Å². The van der Waals surface area contributed by atoms with Gasteiger partial charge in [-0.1, -0.05) is 90.4 Å². The molecule has 0 rings (SSSR count). The lowest BCUT2D eigenvalue weighted by Gasteiger charge is -2.12. The number of carbonyl (C=O) groups is 1. The molecule has 0 saturated heterocycles. The molecular formula is C21H44NO7P. The van der Waals surface area contributed by atoms with Crippen LogP contribution >= 0.6 is 7.82 Å². The fourth-order valence-corrected chi connectivity index (χ4v) is 3.77. The molecule has 0 heterocycles. The van der Waals surface area contributed by atoms with Gasteiger partial charge in [-0.15, -0.1) is 0 Å². The third-order valence-corrected chi connectivity index (χ3v) is 5.72. The standard InChI is InChI=1S/C21H44NO7P/c1-2-3-4-5-6-7-8-9-10-11-12-13-14-15-18-28-30(25,26)29-19-16-22-21(24)27-20-17-23/h23H,2-20H2,1H3,(H,22,24)(H,25,26). The van der Waals surface area contributed by atoms with Gasteiger partial charge in [0, 0.05) is 6.54 Å². The van der Waals surface area contributed by atoms with Gasteiger partial charge >= 0.3 is 13.9 Å². The molecule has 0 aromatic rings. The zero-order valence-corrected chi connectivity index (χ0v) is 19.7. The van der Waals surface area contributed by atoms with Crippen LogP contribution in [0.5, 0.6) is 0 Å². The molecule has 1 amide bonds. The Bertz CT molecular complexity index is 438. The Morgan fingerprint density at radius 2 is 1.23 bits per heavy atom. The van der Waals surface area contributed by atoms with Gasteiger partial charge < -0.3 is 20.1 Å². The van der Waals surface area contributed by atoms with Gasteiger partial charge in [0.2, 0.25) is 0 Å². The lowest BCUT2D eigenvalue weighted by Crippen LogP contribution is -2.28. The SMILES string of the molecule is CCCCCCCCCCCCCCCCOP(=O)(O)OCCNC(=O)OCCO. The Hall–Kier alpha value is -0.660. The third-order valence-electron chi connectivity index (χ3n) is 4.70. The first-order valence-corrected chi connectivity index (χ1v) is 13.1. The van der Waals surface area contributed by atoms with Crippen LogP contribution in [-0.2, 0) is 18.3 Å². The van der Waals surface area contributed by atoms with Crippen LogP contribution in [0.15, 0.2) is 0 Å². The zero-order chi connectivity index (χ0) is 22.3. The van der Waals surface area contributed by atoms with E-state index >= 15 is 0 Å². The number of rotatable bonds is 22. The second-order valence-electron chi connectivity index (χ2n) is 7.52. The van der Waals surface area contributed by atoms with Crippen molar-refractivity contribution in [3.63, 3.8) is 0 Å². The molecule has 0 aliphatic rings. The maximum Gasteiger partial charge on any atom is 0.472 e. The highest BCUT2D eigenvalue weighted by atomic mass is 31.2. The molecule has 0 radical (unpaired) electrons. The summed E-state index contributed by atoms with van der Waals surface area (Å²) in [6.07, 6.45) is 16.7. The van der Waals surface area contributed by atoms with Gasteiger partial charge in [-0.05, 0) is 6.42 Å². The van der Waals surface area contributed by atoms with Gasteiger partial charge in [0.25, 0.3) is 0 Å². The van der Waals surface area contributed by atoms with E-state index in [1.54, 1.807) is 0 Å². The van der Waals surface area contributed by atoms with Gasteiger partial charge in [0.05, 0.1) is 19.8 Å². The number of phosphoric acid groups is 1. The lowest BCUT2D eigenvalue weighted by molar-refractivity contribution is 0.114. The lowest BCUT2D eigenvalue weighted by atomic mass is 10.0. The Morgan fingerprint density at radius 1 is 0.767 bits per heavy atom. The molecule has 1 atom stereocenters. The molecule has 0 bridgehead atoms. The van der Waals surface area contributed by atoms with Gasteiger partial charge in [-0.3, -0.25) is 9.05 Å². The van der Waals surface area contributed by atoms with Crippen molar-refractivity contribution in [1.82, 2.24) is 5.32 Å². The number of nitrogens with one attached hydrogen (secondary N) is 1. The maximum atomic E-state index is 11.7. The van der Waals surface area contributed by atoms with E-state index in [9.17, 15) is 14.3 Å². The highest BCUT2D eigenvalue weighted by Crippen LogP contribution is 2.43. The Kier molecular flexibility index (Phi) is 21.1. The molecule has 1 unspecified atom stereocenters. The van der Waals surface area contributed by atoms with Crippen molar-refractivity contribution in [3.05, 3.63) is 0 Å². The van der Waals surface area contributed by atoms with E-state index in [-0.39, 0.29) is 33.0 Å². The molecule has 0 fully saturated rings. The molecule has 9 heteroatoms. The normalized spacial score (nSPS) is 13.2. The minimum atomic E-state index is -4.09. The van der Waals surface area contributed by atoms with Crippen molar-refractivity contribution in [1.29, 1.82) is 0 Å². The largest absolute Gasteiger partial charge is 0.472 e. The molecular weight excluding hydrogens is 409 g/mol. The van der Waals surface area contributed by atoms with Crippen LogP contribution < -0.4 is 5.32 Å². The van der Waals surface area contributed by atoms with E-state index in [1.807, 2.05) is 0 Å². The molecule has 0 aromatic carbocycles. The minimum Gasteiger partial charge on any atom is -0.447 e. The van der Waals surface area contributed by atoms with E-state index in [0.29, 0.717) is 0 Å². The van der Waals surface area contributed by atoms with Gasteiger partial charge in [-0.25, -0.2) is 9.36 Å². The Labute approximate surface area is 182 Å². The zero-order valence-electron chi connectivity index (χ0n) is 18.8. The Balaban J connectivity index is 3.36. The third kappa shape index (κ3) is 22.0. The van der Waals surface area contributed by atoms with E-state index in [2.05, 4.69) is 17.0 Å². The quantitative estimate of drug-likeness (QED) is 0.150. The number of amides is 1. The fraction of sp³-hybridized carbons (Fsp3) is 0.952. The van der Waals surface area contributed by atoms with E-state index < -0.39 is 13.9 Å². The van der Waals surface area contributed by atoms with Crippen molar-refractivity contribution in [2.45, 2.75) is 96.8 Å². The maximum absolute atomic E-state index is 11.7. The van der Waals surface area contributed by atoms with Gasteiger partial charge in [0.1, 0.15) is 6.61 Å². The highest BCUT2D eigenvalue weighted by molar-refractivity contribution is 7.47. The predicted molar refractivity (Wildman–Crippen MR) is 118 cm³/mol. The number of hydrogen-bond donors (Lipinski definition) is 3. The van der Waals surface area contributed by atoms with Crippen LogP contribution in [0.25, 0.3) is 0 Å².